The fourth-order valence-corrected chi connectivity index (χ4v) is 3.82. The maximum Gasteiger partial charge on any atom is 0.308 e. The predicted molar refractivity (Wildman–Crippen MR) is 86.6 cm³/mol. The molecule has 1 aromatic heterocycles. The van der Waals surface area contributed by atoms with Crippen LogP contribution in [-0.2, 0) is 17.6 Å². The van der Waals surface area contributed by atoms with Crippen LogP contribution >= 0.6 is 11.3 Å². The molecule has 0 saturated heterocycles. The minimum Gasteiger partial charge on any atom is -0.481 e. The number of benzene rings is 1. The van der Waals surface area contributed by atoms with Crippen LogP contribution in [0.4, 0.5) is 0 Å². The second kappa shape index (κ2) is 6.52. The van der Waals surface area contributed by atoms with Gasteiger partial charge in [0.15, 0.2) is 0 Å². The first kappa shape index (κ1) is 15.7. The molecule has 120 valence electrons. The highest BCUT2D eigenvalue weighted by Gasteiger charge is 2.30. The predicted octanol–water partition coefficient (Wildman–Crippen LogP) is 2.15. The van der Waals surface area contributed by atoms with Crippen molar-refractivity contribution < 1.29 is 19.8 Å². The highest BCUT2D eigenvalue weighted by Crippen LogP contribution is 2.30. The molecule has 1 heterocycles. The van der Waals surface area contributed by atoms with E-state index in [0.29, 0.717) is 16.9 Å². The lowest BCUT2D eigenvalue weighted by Gasteiger charge is -2.31. The van der Waals surface area contributed by atoms with Gasteiger partial charge in [0.05, 0.1) is 24.1 Å². The fraction of sp³-hybridized carbons (Fsp3) is 0.294. The van der Waals surface area contributed by atoms with Crippen LogP contribution in [0.3, 0.4) is 0 Å². The Bertz CT molecular complexity index is 740. The second-order valence-corrected chi connectivity index (χ2v) is 6.58. The van der Waals surface area contributed by atoms with Crippen LogP contribution < -0.4 is 5.32 Å². The minimum atomic E-state index is -0.968. The van der Waals surface area contributed by atoms with Crippen molar-refractivity contribution in [2.45, 2.75) is 31.4 Å². The zero-order chi connectivity index (χ0) is 16.4. The number of aryl methyl sites for hydroxylation is 1. The summed E-state index contributed by atoms with van der Waals surface area (Å²) in [4.78, 5) is 23.9. The Morgan fingerprint density at radius 1 is 1.26 bits per heavy atom. The Hall–Kier alpha value is -2.18. The number of carbonyl (C=O) groups excluding carboxylic acids is 1. The van der Waals surface area contributed by atoms with Crippen LogP contribution in [-0.4, -0.2) is 28.2 Å². The number of nitrogens with one attached hydrogen (secondary N) is 1. The lowest BCUT2D eigenvalue weighted by Crippen LogP contribution is -2.39. The Balaban J connectivity index is 1.83. The molecule has 1 amide bonds. The number of hydrogen-bond donors (Lipinski definition) is 3. The highest BCUT2D eigenvalue weighted by molar-refractivity contribution is 7.10. The largest absolute Gasteiger partial charge is 0.481 e. The van der Waals surface area contributed by atoms with Crippen molar-refractivity contribution in [2.75, 3.05) is 0 Å². The first-order valence-corrected chi connectivity index (χ1v) is 8.29. The number of amides is 1. The summed E-state index contributed by atoms with van der Waals surface area (Å²) in [5.74, 6) is -1.31. The molecule has 5 nitrogen and oxygen atoms in total. The van der Waals surface area contributed by atoms with Crippen LogP contribution in [0.15, 0.2) is 35.7 Å². The summed E-state index contributed by atoms with van der Waals surface area (Å²) in [7, 11) is 0. The molecule has 23 heavy (non-hydrogen) atoms. The summed E-state index contributed by atoms with van der Waals surface area (Å²) in [6.45, 7) is 0. The summed E-state index contributed by atoms with van der Waals surface area (Å²) in [6, 6.07) is 8.90. The van der Waals surface area contributed by atoms with Crippen molar-refractivity contribution in [2.24, 2.45) is 0 Å². The van der Waals surface area contributed by atoms with E-state index in [1.54, 1.807) is 11.4 Å². The third-order valence-electron chi connectivity index (χ3n) is 4.07. The maximum atomic E-state index is 12.5. The van der Waals surface area contributed by atoms with Gasteiger partial charge < -0.3 is 15.5 Å². The van der Waals surface area contributed by atoms with Crippen molar-refractivity contribution in [3.05, 3.63) is 57.3 Å². The molecule has 0 aliphatic heterocycles. The Morgan fingerprint density at radius 3 is 2.83 bits per heavy atom. The number of rotatable bonds is 4. The molecule has 0 spiro atoms. The van der Waals surface area contributed by atoms with Crippen molar-refractivity contribution in [3.8, 4) is 0 Å². The van der Waals surface area contributed by atoms with Gasteiger partial charge in [-0.15, -0.1) is 11.3 Å². The van der Waals surface area contributed by atoms with Gasteiger partial charge in [-0.1, -0.05) is 24.3 Å². The second-order valence-electron chi connectivity index (χ2n) is 5.58. The molecular weight excluding hydrogens is 314 g/mol. The molecular formula is C17H17NO4S. The zero-order valence-corrected chi connectivity index (χ0v) is 13.2. The molecule has 6 heteroatoms. The van der Waals surface area contributed by atoms with Crippen LogP contribution in [0.1, 0.15) is 38.8 Å². The molecule has 0 unspecified atom stereocenters. The topological polar surface area (TPSA) is 86.6 Å². The van der Waals surface area contributed by atoms with E-state index in [1.807, 2.05) is 24.3 Å². The van der Waals surface area contributed by atoms with Gasteiger partial charge in [0.25, 0.3) is 5.91 Å². The van der Waals surface area contributed by atoms with Gasteiger partial charge in [0.2, 0.25) is 0 Å². The molecule has 3 N–H and O–H groups in total. The lowest BCUT2D eigenvalue weighted by molar-refractivity contribution is -0.136. The van der Waals surface area contributed by atoms with Gasteiger partial charge in [-0.25, -0.2) is 0 Å². The summed E-state index contributed by atoms with van der Waals surface area (Å²) in [5, 5.41) is 23.8. The molecule has 0 fully saturated rings. The van der Waals surface area contributed by atoms with E-state index in [2.05, 4.69) is 5.32 Å². The number of carboxylic acids is 1. The van der Waals surface area contributed by atoms with Crippen LogP contribution in [0, 0.1) is 0 Å². The summed E-state index contributed by atoms with van der Waals surface area (Å²) < 4.78 is 0. The van der Waals surface area contributed by atoms with Crippen molar-refractivity contribution in [3.63, 3.8) is 0 Å². The van der Waals surface area contributed by atoms with E-state index in [-0.39, 0.29) is 12.3 Å². The van der Waals surface area contributed by atoms with Crippen LogP contribution in [0.25, 0.3) is 0 Å². The van der Waals surface area contributed by atoms with Gasteiger partial charge >= 0.3 is 5.97 Å². The number of carbonyl (C=O) groups is 2. The van der Waals surface area contributed by atoms with Gasteiger partial charge in [0, 0.05) is 4.88 Å². The number of aliphatic carboxylic acids is 1. The quantitative estimate of drug-likeness (QED) is 0.801. The Kier molecular flexibility index (Phi) is 4.45. The normalized spacial score (nSPS) is 19.9. The van der Waals surface area contributed by atoms with E-state index in [1.165, 1.54) is 11.3 Å². The molecule has 2 atom stereocenters. The smallest absolute Gasteiger partial charge is 0.308 e. The van der Waals surface area contributed by atoms with Crippen LogP contribution in [0.5, 0.6) is 0 Å². The van der Waals surface area contributed by atoms with Gasteiger partial charge in [-0.3, -0.25) is 9.59 Å². The van der Waals surface area contributed by atoms with Gasteiger partial charge in [-0.05, 0) is 35.4 Å². The molecule has 1 aliphatic carbocycles. The average Bonchev–Trinajstić information content (AvgIpc) is 2.97. The third-order valence-corrected chi connectivity index (χ3v) is 4.99. The number of aliphatic hydroxyl groups is 1. The van der Waals surface area contributed by atoms with E-state index in [4.69, 9.17) is 5.11 Å². The van der Waals surface area contributed by atoms with E-state index in [9.17, 15) is 14.7 Å². The van der Waals surface area contributed by atoms with E-state index < -0.39 is 18.1 Å². The molecule has 1 aromatic carbocycles. The van der Waals surface area contributed by atoms with Crippen molar-refractivity contribution in [1.82, 2.24) is 5.32 Å². The monoisotopic (exact) mass is 331 g/mol. The van der Waals surface area contributed by atoms with Crippen molar-refractivity contribution in [1.29, 1.82) is 0 Å². The van der Waals surface area contributed by atoms with E-state index in [0.717, 1.165) is 17.5 Å². The summed E-state index contributed by atoms with van der Waals surface area (Å²) >= 11 is 1.25. The SMILES string of the molecule is O=C(O)Cc1sccc1C(=O)N[C@H]1c2ccccc2CC[C@H]1O. The first-order chi connectivity index (χ1) is 11.1. The van der Waals surface area contributed by atoms with Crippen LogP contribution in [0.2, 0.25) is 0 Å². The summed E-state index contributed by atoms with van der Waals surface area (Å²) in [6.07, 6.45) is 0.556. The third kappa shape index (κ3) is 3.28. The number of fused-ring (bicyclic) bond motifs is 1. The van der Waals surface area contributed by atoms with Gasteiger partial charge in [0.1, 0.15) is 0 Å². The maximum absolute atomic E-state index is 12.5. The average molecular weight is 331 g/mol. The fourth-order valence-electron chi connectivity index (χ4n) is 2.95. The number of hydrogen-bond acceptors (Lipinski definition) is 4. The Labute approximate surface area is 137 Å². The lowest BCUT2D eigenvalue weighted by atomic mass is 9.85. The Morgan fingerprint density at radius 2 is 2.04 bits per heavy atom. The zero-order valence-electron chi connectivity index (χ0n) is 12.4. The molecule has 0 bridgehead atoms. The summed E-state index contributed by atoms with van der Waals surface area (Å²) in [5.41, 5.74) is 2.42. The molecule has 2 aromatic rings. The van der Waals surface area contributed by atoms with E-state index >= 15 is 0 Å². The molecule has 3 rings (SSSR count). The number of thiophene rings is 1. The highest BCUT2D eigenvalue weighted by atomic mass is 32.1. The number of carboxylic acid groups (broad SMARTS) is 1. The minimum absolute atomic E-state index is 0.176. The number of aliphatic hydroxyl groups excluding tert-OH is 1. The molecule has 1 aliphatic rings. The van der Waals surface area contributed by atoms with Gasteiger partial charge in [-0.2, -0.15) is 0 Å². The van der Waals surface area contributed by atoms with Crippen molar-refractivity contribution >= 4 is 23.2 Å². The standard InChI is InChI=1S/C17H17NO4S/c19-13-6-5-10-3-1-2-4-11(10)16(13)18-17(22)12-7-8-23-14(12)9-15(20)21/h1-4,7-8,13,16,19H,5-6,9H2,(H,18,22)(H,20,21)/t13-,16+/m1/s1. The first-order valence-electron chi connectivity index (χ1n) is 7.41. The molecule has 0 radical (unpaired) electrons. The molecule has 0 saturated carbocycles.